The molecule has 2 amide bonds. The van der Waals surface area contributed by atoms with Gasteiger partial charge in [-0.2, -0.15) is 5.10 Å². The first kappa shape index (κ1) is 23.5. The van der Waals surface area contributed by atoms with Gasteiger partial charge in [-0.3, -0.25) is 9.59 Å². The van der Waals surface area contributed by atoms with Crippen LogP contribution in [0.3, 0.4) is 0 Å². The molecule has 0 aliphatic carbocycles. The summed E-state index contributed by atoms with van der Waals surface area (Å²) in [6.45, 7) is 1.92. The maximum absolute atomic E-state index is 12.3. The zero-order valence-corrected chi connectivity index (χ0v) is 18.6. The van der Waals surface area contributed by atoms with E-state index in [1.807, 2.05) is 19.1 Å². The van der Waals surface area contributed by atoms with Crippen LogP contribution in [0.1, 0.15) is 21.5 Å². The number of amides is 2. The number of aryl methyl sites for hydroxylation is 1. The lowest BCUT2D eigenvalue weighted by atomic mass is 10.1. The third-order valence-corrected chi connectivity index (χ3v) is 4.72. The van der Waals surface area contributed by atoms with Gasteiger partial charge in [0.1, 0.15) is 0 Å². The van der Waals surface area contributed by atoms with Gasteiger partial charge in [0, 0.05) is 0 Å². The van der Waals surface area contributed by atoms with Gasteiger partial charge in [0.25, 0.3) is 0 Å². The van der Waals surface area contributed by atoms with E-state index in [1.54, 1.807) is 48.5 Å². The number of hydrogen-bond acceptors (Lipinski definition) is 6. The van der Waals surface area contributed by atoms with Gasteiger partial charge in [0.2, 0.25) is 0 Å². The molecule has 168 valence electrons. The Morgan fingerprint density at radius 1 is 0.939 bits per heavy atom. The minimum absolute atomic E-state index is 0.225. The monoisotopic (exact) mass is 465 g/mol. The van der Waals surface area contributed by atoms with E-state index in [0.29, 0.717) is 27.6 Å². The van der Waals surface area contributed by atoms with E-state index >= 15 is 0 Å². The maximum Gasteiger partial charge on any atom is 0.343 e. The molecule has 0 bridgehead atoms. The molecule has 0 saturated heterocycles. The third kappa shape index (κ3) is 6.41. The van der Waals surface area contributed by atoms with Crippen molar-refractivity contribution in [2.75, 3.05) is 12.4 Å². The van der Waals surface area contributed by atoms with Crippen molar-refractivity contribution >= 4 is 41.3 Å². The van der Waals surface area contributed by atoms with Crippen molar-refractivity contribution in [2.45, 2.75) is 6.92 Å². The number of nitrogens with one attached hydrogen (secondary N) is 2. The molecule has 3 aromatic carbocycles. The van der Waals surface area contributed by atoms with Gasteiger partial charge in [-0.25, -0.2) is 10.2 Å². The van der Waals surface area contributed by atoms with Crippen molar-refractivity contribution < 1.29 is 23.9 Å². The average molecular weight is 466 g/mol. The van der Waals surface area contributed by atoms with Crippen molar-refractivity contribution in [3.8, 4) is 11.5 Å². The fourth-order valence-electron chi connectivity index (χ4n) is 2.66. The number of esters is 1. The molecule has 3 rings (SSSR count). The molecule has 0 heterocycles. The molecule has 0 saturated carbocycles. The molecule has 3 aromatic rings. The lowest BCUT2D eigenvalue weighted by Crippen LogP contribution is -2.32. The number of hydrazone groups is 1. The molecule has 33 heavy (non-hydrogen) atoms. The van der Waals surface area contributed by atoms with Crippen LogP contribution in [0.4, 0.5) is 5.69 Å². The minimum Gasteiger partial charge on any atom is -0.493 e. The number of benzene rings is 3. The van der Waals surface area contributed by atoms with E-state index in [2.05, 4.69) is 15.8 Å². The molecule has 0 aliphatic heterocycles. The highest BCUT2D eigenvalue weighted by molar-refractivity contribution is 6.41. The maximum atomic E-state index is 12.3. The van der Waals surface area contributed by atoms with Gasteiger partial charge in [-0.1, -0.05) is 41.4 Å². The normalized spacial score (nSPS) is 10.5. The Morgan fingerprint density at radius 3 is 2.36 bits per heavy atom. The topological polar surface area (TPSA) is 106 Å². The van der Waals surface area contributed by atoms with Crippen LogP contribution in [-0.4, -0.2) is 31.1 Å². The second-order valence-corrected chi connectivity index (χ2v) is 7.21. The van der Waals surface area contributed by atoms with Crippen LogP contribution >= 0.6 is 11.6 Å². The smallest absolute Gasteiger partial charge is 0.343 e. The first-order valence-corrected chi connectivity index (χ1v) is 10.1. The highest BCUT2D eigenvalue weighted by atomic mass is 35.5. The Labute approximate surface area is 195 Å². The molecule has 0 aliphatic rings. The van der Waals surface area contributed by atoms with Crippen LogP contribution in [0.5, 0.6) is 11.5 Å². The van der Waals surface area contributed by atoms with Gasteiger partial charge in [0.15, 0.2) is 11.5 Å². The van der Waals surface area contributed by atoms with E-state index in [1.165, 1.54) is 19.4 Å². The Kier molecular flexibility index (Phi) is 7.77. The van der Waals surface area contributed by atoms with E-state index in [4.69, 9.17) is 21.1 Å². The molecule has 0 spiro atoms. The molecule has 0 radical (unpaired) electrons. The molecule has 2 N–H and O–H groups in total. The predicted molar refractivity (Wildman–Crippen MR) is 125 cm³/mol. The fraction of sp³-hybridized carbons (Fsp3) is 0.0833. The van der Waals surface area contributed by atoms with E-state index in [0.717, 1.165) is 5.56 Å². The molecule has 0 aromatic heterocycles. The first-order valence-electron chi connectivity index (χ1n) is 9.73. The second-order valence-electron chi connectivity index (χ2n) is 6.80. The minimum atomic E-state index is -0.971. The SMILES string of the molecule is COc1cc(/C=N\NC(=O)C(=O)Nc2ccccc2Cl)ccc1OC(=O)c1ccc(C)cc1. The summed E-state index contributed by atoms with van der Waals surface area (Å²) in [5, 5.41) is 6.46. The standard InChI is InChI=1S/C24H20ClN3O5/c1-15-7-10-17(11-8-15)24(31)33-20-12-9-16(13-21(20)32-2)14-26-28-23(30)22(29)27-19-6-4-3-5-18(19)25/h3-14H,1-2H3,(H,27,29)(H,28,30)/b26-14-. The number of halogens is 1. The number of anilines is 1. The highest BCUT2D eigenvalue weighted by Gasteiger charge is 2.15. The largest absolute Gasteiger partial charge is 0.493 e. The second kappa shape index (κ2) is 10.9. The summed E-state index contributed by atoms with van der Waals surface area (Å²) in [5.74, 6) is -1.89. The summed E-state index contributed by atoms with van der Waals surface area (Å²) in [5.41, 5.74) is 4.41. The number of methoxy groups -OCH3 is 1. The van der Waals surface area contributed by atoms with Gasteiger partial charge in [-0.05, 0) is 55.0 Å². The Morgan fingerprint density at radius 2 is 1.67 bits per heavy atom. The van der Waals surface area contributed by atoms with Crippen LogP contribution in [0.2, 0.25) is 5.02 Å². The summed E-state index contributed by atoms with van der Waals surface area (Å²) < 4.78 is 10.7. The molecule has 0 atom stereocenters. The molecule has 9 heteroatoms. The van der Waals surface area contributed by atoms with Gasteiger partial charge in [0.05, 0.1) is 29.6 Å². The summed E-state index contributed by atoms with van der Waals surface area (Å²) >= 11 is 5.95. The predicted octanol–water partition coefficient (Wildman–Crippen LogP) is 3.97. The number of ether oxygens (including phenoxy) is 2. The number of hydrogen-bond donors (Lipinski definition) is 2. The molecule has 0 fully saturated rings. The van der Waals surface area contributed by atoms with E-state index < -0.39 is 17.8 Å². The van der Waals surface area contributed by atoms with Crippen LogP contribution < -0.4 is 20.2 Å². The van der Waals surface area contributed by atoms with E-state index in [-0.39, 0.29) is 5.75 Å². The number of para-hydroxylation sites is 1. The van der Waals surface area contributed by atoms with Crippen molar-refractivity contribution in [3.05, 3.63) is 88.4 Å². The van der Waals surface area contributed by atoms with Crippen molar-refractivity contribution in [3.63, 3.8) is 0 Å². The zero-order chi connectivity index (χ0) is 23.8. The zero-order valence-electron chi connectivity index (χ0n) is 17.8. The molecular formula is C24H20ClN3O5. The van der Waals surface area contributed by atoms with Crippen molar-refractivity contribution in [1.82, 2.24) is 5.43 Å². The fourth-order valence-corrected chi connectivity index (χ4v) is 2.84. The number of carbonyl (C=O) groups is 3. The lowest BCUT2D eigenvalue weighted by molar-refractivity contribution is -0.136. The van der Waals surface area contributed by atoms with Crippen molar-refractivity contribution in [2.24, 2.45) is 5.10 Å². The van der Waals surface area contributed by atoms with Crippen LogP contribution in [0.25, 0.3) is 0 Å². The number of rotatable bonds is 6. The quantitative estimate of drug-likeness (QED) is 0.188. The van der Waals surface area contributed by atoms with Gasteiger partial charge < -0.3 is 14.8 Å². The molecular weight excluding hydrogens is 446 g/mol. The highest BCUT2D eigenvalue weighted by Crippen LogP contribution is 2.28. The van der Waals surface area contributed by atoms with Crippen LogP contribution in [0, 0.1) is 6.92 Å². The third-order valence-electron chi connectivity index (χ3n) is 4.39. The van der Waals surface area contributed by atoms with Gasteiger partial charge in [-0.15, -0.1) is 0 Å². The summed E-state index contributed by atoms with van der Waals surface area (Å²) in [6.07, 6.45) is 1.31. The number of carbonyl (C=O) groups excluding carboxylic acids is 3. The molecule has 8 nitrogen and oxygen atoms in total. The van der Waals surface area contributed by atoms with Crippen molar-refractivity contribution in [1.29, 1.82) is 0 Å². The van der Waals surface area contributed by atoms with Crippen LogP contribution in [0.15, 0.2) is 71.8 Å². The Hall–Kier alpha value is -4.17. The summed E-state index contributed by atoms with van der Waals surface area (Å²) in [7, 11) is 1.43. The number of nitrogens with zero attached hydrogens (tertiary/aromatic N) is 1. The first-order chi connectivity index (χ1) is 15.9. The Bertz CT molecular complexity index is 1210. The van der Waals surface area contributed by atoms with Gasteiger partial charge >= 0.3 is 17.8 Å². The molecule has 0 unspecified atom stereocenters. The Balaban J connectivity index is 1.61. The van der Waals surface area contributed by atoms with Crippen LogP contribution in [-0.2, 0) is 9.59 Å². The lowest BCUT2D eigenvalue weighted by Gasteiger charge is -2.10. The van der Waals surface area contributed by atoms with E-state index in [9.17, 15) is 14.4 Å². The summed E-state index contributed by atoms with van der Waals surface area (Å²) in [4.78, 5) is 36.3. The average Bonchev–Trinajstić information content (AvgIpc) is 2.81. The summed E-state index contributed by atoms with van der Waals surface area (Å²) in [6, 6.07) is 18.2.